The van der Waals surface area contributed by atoms with Crippen LogP contribution < -0.4 is 10.6 Å². The molecule has 1 aromatic heterocycles. The lowest BCUT2D eigenvalue weighted by atomic mass is 10.1. The molecule has 0 unspecified atom stereocenters. The van der Waals surface area contributed by atoms with Crippen LogP contribution in [0.2, 0.25) is 0 Å². The summed E-state index contributed by atoms with van der Waals surface area (Å²) < 4.78 is 0.273. The van der Waals surface area contributed by atoms with Crippen molar-refractivity contribution in [2.24, 2.45) is 0 Å². The fourth-order valence-corrected chi connectivity index (χ4v) is 3.81. The van der Waals surface area contributed by atoms with Crippen molar-refractivity contribution >= 4 is 34.0 Å². The van der Waals surface area contributed by atoms with Crippen molar-refractivity contribution in [3.05, 3.63) is 30.5 Å². The number of nitrogen functional groups attached to an aromatic ring is 1. The van der Waals surface area contributed by atoms with Gasteiger partial charge in [-0.05, 0) is 19.9 Å². The van der Waals surface area contributed by atoms with E-state index in [2.05, 4.69) is 35.9 Å². The molecule has 100 valence electrons. The summed E-state index contributed by atoms with van der Waals surface area (Å²) in [6.07, 6.45) is 1.78. The SMILES string of the molecule is CC1(C)CN(c2c(N)cnc3ccccc23)CCS1. The first-order chi connectivity index (χ1) is 9.07. The van der Waals surface area contributed by atoms with Crippen molar-refractivity contribution in [2.75, 3.05) is 29.5 Å². The Morgan fingerprint density at radius 2 is 2.11 bits per heavy atom. The maximum atomic E-state index is 6.20. The summed E-state index contributed by atoms with van der Waals surface area (Å²) in [5.41, 5.74) is 9.14. The molecule has 1 saturated heterocycles. The third-order valence-electron chi connectivity index (χ3n) is 3.52. The van der Waals surface area contributed by atoms with E-state index in [1.807, 2.05) is 23.9 Å². The average molecular weight is 273 g/mol. The van der Waals surface area contributed by atoms with Crippen molar-refractivity contribution in [2.45, 2.75) is 18.6 Å². The van der Waals surface area contributed by atoms with Gasteiger partial charge < -0.3 is 10.6 Å². The van der Waals surface area contributed by atoms with E-state index in [0.29, 0.717) is 0 Å². The summed E-state index contributed by atoms with van der Waals surface area (Å²) in [6.45, 7) is 6.66. The molecular formula is C15H19N3S. The zero-order chi connectivity index (χ0) is 13.5. The van der Waals surface area contributed by atoms with Crippen LogP contribution in [0.15, 0.2) is 30.5 Å². The number of aromatic nitrogens is 1. The van der Waals surface area contributed by atoms with Crippen LogP contribution in [0.3, 0.4) is 0 Å². The second kappa shape index (κ2) is 4.60. The van der Waals surface area contributed by atoms with E-state index in [1.54, 1.807) is 6.20 Å². The van der Waals surface area contributed by atoms with E-state index in [9.17, 15) is 0 Å². The second-order valence-electron chi connectivity index (χ2n) is 5.61. The summed E-state index contributed by atoms with van der Waals surface area (Å²) in [7, 11) is 0. The fraction of sp³-hybridized carbons (Fsp3) is 0.400. The van der Waals surface area contributed by atoms with Crippen molar-refractivity contribution in [3.63, 3.8) is 0 Å². The summed E-state index contributed by atoms with van der Waals surface area (Å²) in [5.74, 6) is 1.14. The Balaban J connectivity index is 2.11. The highest BCUT2D eigenvalue weighted by Gasteiger charge is 2.28. The third kappa shape index (κ3) is 2.37. The summed E-state index contributed by atoms with van der Waals surface area (Å²) >= 11 is 2.03. The maximum absolute atomic E-state index is 6.20. The highest BCUT2D eigenvalue weighted by atomic mass is 32.2. The highest BCUT2D eigenvalue weighted by Crippen LogP contribution is 2.37. The van der Waals surface area contributed by atoms with E-state index < -0.39 is 0 Å². The Morgan fingerprint density at radius 3 is 2.89 bits per heavy atom. The molecule has 0 atom stereocenters. The predicted octanol–water partition coefficient (Wildman–Crippen LogP) is 3.15. The number of anilines is 2. The highest BCUT2D eigenvalue weighted by molar-refractivity contribution is 8.00. The number of thioether (sulfide) groups is 1. The lowest BCUT2D eigenvalue weighted by Gasteiger charge is -2.39. The number of rotatable bonds is 1. The molecule has 0 aliphatic carbocycles. The molecule has 0 saturated carbocycles. The first-order valence-electron chi connectivity index (χ1n) is 6.59. The van der Waals surface area contributed by atoms with E-state index in [1.165, 1.54) is 0 Å². The van der Waals surface area contributed by atoms with Gasteiger partial charge >= 0.3 is 0 Å². The lowest BCUT2D eigenvalue weighted by molar-refractivity contribution is 0.649. The summed E-state index contributed by atoms with van der Waals surface area (Å²) in [6, 6.07) is 8.23. The van der Waals surface area contributed by atoms with E-state index in [-0.39, 0.29) is 4.75 Å². The third-order valence-corrected chi connectivity index (χ3v) is 4.81. The van der Waals surface area contributed by atoms with E-state index in [4.69, 9.17) is 5.73 Å². The van der Waals surface area contributed by atoms with Crippen LogP contribution in [0.1, 0.15) is 13.8 Å². The van der Waals surface area contributed by atoms with Crippen LogP contribution in [0.5, 0.6) is 0 Å². The van der Waals surface area contributed by atoms with Gasteiger partial charge in [0.05, 0.1) is 23.1 Å². The maximum Gasteiger partial charge on any atom is 0.0745 e. The van der Waals surface area contributed by atoms with Gasteiger partial charge in [0.25, 0.3) is 0 Å². The van der Waals surface area contributed by atoms with Crippen LogP contribution in [0.4, 0.5) is 11.4 Å². The quantitative estimate of drug-likeness (QED) is 0.866. The number of pyridine rings is 1. The Bertz CT molecular complexity index is 609. The van der Waals surface area contributed by atoms with Gasteiger partial charge in [0.1, 0.15) is 0 Å². The van der Waals surface area contributed by atoms with Crippen LogP contribution in [0, 0.1) is 0 Å². The number of hydrogen-bond acceptors (Lipinski definition) is 4. The van der Waals surface area contributed by atoms with Crippen molar-refractivity contribution in [1.82, 2.24) is 4.98 Å². The van der Waals surface area contributed by atoms with Crippen LogP contribution >= 0.6 is 11.8 Å². The summed E-state index contributed by atoms with van der Waals surface area (Å²) in [5, 5.41) is 1.16. The Labute approximate surface area is 118 Å². The molecule has 19 heavy (non-hydrogen) atoms. The lowest BCUT2D eigenvalue weighted by Crippen LogP contribution is -2.43. The van der Waals surface area contributed by atoms with Crippen LogP contribution in [0.25, 0.3) is 10.9 Å². The molecule has 0 radical (unpaired) electrons. The smallest absolute Gasteiger partial charge is 0.0745 e. The molecule has 4 heteroatoms. The summed E-state index contributed by atoms with van der Waals surface area (Å²) in [4.78, 5) is 6.83. The number of para-hydroxylation sites is 1. The largest absolute Gasteiger partial charge is 0.396 e. The number of nitrogens with zero attached hydrogens (tertiary/aromatic N) is 2. The van der Waals surface area contributed by atoms with Gasteiger partial charge in [-0.1, -0.05) is 18.2 Å². The molecule has 3 rings (SSSR count). The predicted molar refractivity (Wildman–Crippen MR) is 84.9 cm³/mol. The van der Waals surface area contributed by atoms with Gasteiger partial charge in [-0.25, -0.2) is 0 Å². The minimum Gasteiger partial charge on any atom is -0.396 e. The average Bonchev–Trinajstić information content (AvgIpc) is 2.37. The Hall–Kier alpha value is -1.42. The standard InChI is InChI=1S/C15H19N3S/c1-15(2)10-18(7-8-19-15)14-11-5-3-4-6-13(11)17-9-12(14)16/h3-6,9H,7-8,10,16H2,1-2H3. The van der Waals surface area contributed by atoms with Gasteiger partial charge in [-0.2, -0.15) is 11.8 Å². The van der Waals surface area contributed by atoms with E-state index >= 15 is 0 Å². The molecule has 1 fully saturated rings. The van der Waals surface area contributed by atoms with Gasteiger partial charge in [-0.3, -0.25) is 4.98 Å². The molecule has 0 bridgehead atoms. The Morgan fingerprint density at radius 1 is 1.32 bits per heavy atom. The molecule has 0 spiro atoms. The minimum absolute atomic E-state index is 0.273. The first kappa shape index (κ1) is 12.6. The van der Waals surface area contributed by atoms with Gasteiger partial charge in [0, 0.05) is 29.0 Å². The van der Waals surface area contributed by atoms with Gasteiger partial charge in [0.15, 0.2) is 0 Å². The second-order valence-corrected chi connectivity index (χ2v) is 7.41. The molecule has 2 heterocycles. The number of benzene rings is 1. The molecular weight excluding hydrogens is 254 g/mol. The van der Waals surface area contributed by atoms with Crippen molar-refractivity contribution in [1.29, 1.82) is 0 Å². The zero-order valence-electron chi connectivity index (χ0n) is 11.4. The monoisotopic (exact) mass is 273 g/mol. The first-order valence-corrected chi connectivity index (χ1v) is 7.57. The van der Waals surface area contributed by atoms with Gasteiger partial charge in [0.2, 0.25) is 0 Å². The van der Waals surface area contributed by atoms with Crippen molar-refractivity contribution < 1.29 is 0 Å². The molecule has 3 nitrogen and oxygen atoms in total. The molecule has 1 aliphatic rings. The molecule has 2 N–H and O–H groups in total. The fourth-order valence-electron chi connectivity index (χ4n) is 2.70. The van der Waals surface area contributed by atoms with Crippen LogP contribution in [-0.4, -0.2) is 28.6 Å². The molecule has 1 aliphatic heterocycles. The normalized spacial score (nSPS) is 18.7. The molecule has 1 aromatic carbocycles. The van der Waals surface area contributed by atoms with Crippen LogP contribution in [-0.2, 0) is 0 Å². The molecule has 0 amide bonds. The molecule has 2 aromatic rings. The Kier molecular flexibility index (Phi) is 3.05. The topological polar surface area (TPSA) is 42.1 Å². The minimum atomic E-state index is 0.273. The number of hydrogen-bond donors (Lipinski definition) is 1. The number of nitrogens with two attached hydrogens (primary N) is 1. The van der Waals surface area contributed by atoms with Gasteiger partial charge in [-0.15, -0.1) is 0 Å². The zero-order valence-corrected chi connectivity index (χ0v) is 12.2. The van der Waals surface area contributed by atoms with E-state index in [0.717, 1.165) is 41.1 Å². The number of fused-ring (bicyclic) bond motifs is 1. The van der Waals surface area contributed by atoms with Crippen molar-refractivity contribution in [3.8, 4) is 0 Å².